The van der Waals surface area contributed by atoms with Gasteiger partial charge < -0.3 is 20.5 Å². The molecule has 6 nitrogen and oxygen atoms in total. The Morgan fingerprint density at radius 1 is 1.60 bits per heavy atom. The number of carboxylic acid groups (broad SMARTS) is 1. The van der Waals surface area contributed by atoms with Crippen molar-refractivity contribution in [3.63, 3.8) is 0 Å². The third kappa shape index (κ3) is 3.67. The van der Waals surface area contributed by atoms with Gasteiger partial charge in [0.2, 0.25) is 5.91 Å². The zero-order valence-corrected chi connectivity index (χ0v) is 8.23. The summed E-state index contributed by atoms with van der Waals surface area (Å²) in [5, 5.41) is 13.8. The smallest absolute Gasteiger partial charge is 0.305 e. The molecule has 1 aliphatic rings. The zero-order chi connectivity index (χ0) is 11.3. The summed E-state index contributed by atoms with van der Waals surface area (Å²) in [5.41, 5.74) is 0. The molecule has 0 unspecified atom stereocenters. The number of amides is 1. The maximum absolute atomic E-state index is 11.5. The molecule has 3 N–H and O–H groups in total. The summed E-state index contributed by atoms with van der Waals surface area (Å²) in [6, 6.07) is -1.22. The first-order valence-corrected chi connectivity index (χ1v) is 4.84. The first kappa shape index (κ1) is 11.6. The second-order valence-electron chi connectivity index (χ2n) is 3.50. The van der Waals surface area contributed by atoms with Crippen LogP contribution in [0, 0.1) is 0 Å². The minimum Gasteiger partial charge on any atom is -0.481 e. The van der Waals surface area contributed by atoms with Crippen LogP contribution in [0.3, 0.4) is 0 Å². The van der Waals surface area contributed by atoms with E-state index < -0.39 is 12.0 Å². The molecule has 1 rings (SSSR count). The lowest BCUT2D eigenvalue weighted by Gasteiger charge is -2.14. The van der Waals surface area contributed by atoms with Gasteiger partial charge in [-0.05, 0) is 19.4 Å². The van der Waals surface area contributed by atoms with E-state index in [0.29, 0.717) is 6.29 Å². The van der Waals surface area contributed by atoms with Gasteiger partial charge in [0, 0.05) is 0 Å². The third-order valence-corrected chi connectivity index (χ3v) is 2.26. The number of hydrogen-bond donors (Lipinski definition) is 3. The Balaban J connectivity index is 2.39. The topological polar surface area (TPSA) is 95.5 Å². The second-order valence-corrected chi connectivity index (χ2v) is 3.50. The average Bonchev–Trinajstić information content (AvgIpc) is 2.68. The van der Waals surface area contributed by atoms with Gasteiger partial charge >= 0.3 is 5.97 Å². The number of rotatable bonds is 5. The number of nitrogens with one attached hydrogen (secondary N) is 2. The Labute approximate surface area is 87.0 Å². The molecular formula is C9H14N2O4. The van der Waals surface area contributed by atoms with E-state index in [2.05, 4.69) is 10.6 Å². The summed E-state index contributed by atoms with van der Waals surface area (Å²) in [4.78, 5) is 32.3. The summed E-state index contributed by atoms with van der Waals surface area (Å²) in [5.74, 6) is -1.40. The van der Waals surface area contributed by atoms with Gasteiger partial charge in [-0.3, -0.25) is 9.59 Å². The van der Waals surface area contributed by atoms with Gasteiger partial charge in [-0.1, -0.05) is 0 Å². The van der Waals surface area contributed by atoms with Gasteiger partial charge in [0.1, 0.15) is 6.29 Å². The first-order chi connectivity index (χ1) is 7.13. The molecule has 84 valence electrons. The van der Waals surface area contributed by atoms with E-state index in [1.807, 2.05) is 0 Å². The molecule has 15 heavy (non-hydrogen) atoms. The molecule has 0 radical (unpaired) electrons. The predicted molar refractivity (Wildman–Crippen MR) is 51.3 cm³/mol. The SMILES string of the molecule is O=C[C@H](CC(=O)O)NC(=O)[C@H]1CCCN1. The summed E-state index contributed by atoms with van der Waals surface area (Å²) in [6.07, 6.45) is 1.72. The molecule has 6 heteroatoms. The van der Waals surface area contributed by atoms with E-state index in [1.165, 1.54) is 0 Å². The number of aldehydes is 1. The van der Waals surface area contributed by atoms with Crippen LogP contribution in [-0.2, 0) is 14.4 Å². The molecule has 0 aromatic carbocycles. The number of carbonyl (C=O) groups excluding carboxylic acids is 2. The van der Waals surface area contributed by atoms with Gasteiger partial charge in [0.15, 0.2) is 0 Å². The molecule has 0 spiro atoms. The van der Waals surface area contributed by atoms with Crippen molar-refractivity contribution in [2.24, 2.45) is 0 Å². The molecule has 0 aliphatic carbocycles. The van der Waals surface area contributed by atoms with Crippen molar-refractivity contribution >= 4 is 18.2 Å². The lowest BCUT2D eigenvalue weighted by atomic mass is 10.2. The van der Waals surface area contributed by atoms with Gasteiger partial charge in [0.25, 0.3) is 0 Å². The van der Waals surface area contributed by atoms with Crippen molar-refractivity contribution in [1.82, 2.24) is 10.6 Å². The van der Waals surface area contributed by atoms with E-state index in [4.69, 9.17) is 5.11 Å². The highest BCUT2D eigenvalue weighted by molar-refractivity contribution is 5.86. The van der Waals surface area contributed by atoms with Gasteiger partial charge in [-0.15, -0.1) is 0 Å². The quantitative estimate of drug-likeness (QED) is 0.505. The van der Waals surface area contributed by atoms with Crippen LogP contribution >= 0.6 is 0 Å². The predicted octanol–water partition coefficient (Wildman–Crippen LogP) is -1.10. The third-order valence-electron chi connectivity index (χ3n) is 2.26. The normalized spacial score (nSPS) is 22.0. The minimum absolute atomic E-state index is 0.291. The molecule has 1 amide bonds. The lowest BCUT2D eigenvalue weighted by molar-refractivity contribution is -0.138. The highest BCUT2D eigenvalue weighted by atomic mass is 16.4. The van der Waals surface area contributed by atoms with E-state index >= 15 is 0 Å². The summed E-state index contributed by atoms with van der Waals surface area (Å²) in [7, 11) is 0. The van der Waals surface area contributed by atoms with Crippen LogP contribution in [0.15, 0.2) is 0 Å². The largest absolute Gasteiger partial charge is 0.481 e. The first-order valence-electron chi connectivity index (χ1n) is 4.84. The molecule has 1 saturated heterocycles. The molecule has 1 fully saturated rings. The van der Waals surface area contributed by atoms with Crippen LogP contribution in [-0.4, -0.2) is 41.9 Å². The fourth-order valence-corrected chi connectivity index (χ4v) is 1.51. The summed E-state index contributed by atoms with van der Waals surface area (Å²) in [6.45, 7) is 0.781. The fourth-order valence-electron chi connectivity index (χ4n) is 1.51. The van der Waals surface area contributed by atoms with Crippen molar-refractivity contribution in [2.45, 2.75) is 31.3 Å². The Kier molecular flexibility index (Phi) is 4.23. The highest BCUT2D eigenvalue weighted by Gasteiger charge is 2.24. The molecule has 0 bridgehead atoms. The summed E-state index contributed by atoms with van der Waals surface area (Å²) < 4.78 is 0. The van der Waals surface area contributed by atoms with E-state index in [9.17, 15) is 14.4 Å². The molecule has 1 heterocycles. The van der Waals surface area contributed by atoms with Crippen molar-refractivity contribution in [3.8, 4) is 0 Å². The fraction of sp³-hybridized carbons (Fsp3) is 0.667. The monoisotopic (exact) mass is 214 g/mol. The number of hydrogen-bond acceptors (Lipinski definition) is 4. The van der Waals surface area contributed by atoms with Gasteiger partial charge in [-0.25, -0.2) is 0 Å². The van der Waals surface area contributed by atoms with Crippen LogP contribution in [0.2, 0.25) is 0 Å². The standard InChI is InChI=1S/C9H14N2O4/c12-5-6(4-8(13)14)11-9(15)7-2-1-3-10-7/h5-7,10H,1-4H2,(H,11,15)(H,13,14)/t6-,7+/m0/s1. The molecule has 0 aromatic rings. The maximum atomic E-state index is 11.5. The average molecular weight is 214 g/mol. The van der Waals surface area contributed by atoms with Gasteiger partial charge in [0.05, 0.1) is 18.5 Å². The van der Waals surface area contributed by atoms with Crippen LogP contribution in [0.25, 0.3) is 0 Å². The van der Waals surface area contributed by atoms with Crippen molar-refractivity contribution in [1.29, 1.82) is 0 Å². The number of carbonyl (C=O) groups is 3. The molecule has 2 atom stereocenters. The molecule has 0 aromatic heterocycles. The van der Waals surface area contributed by atoms with E-state index in [1.54, 1.807) is 0 Å². The van der Waals surface area contributed by atoms with Gasteiger partial charge in [-0.2, -0.15) is 0 Å². The number of aliphatic carboxylic acids is 1. The zero-order valence-electron chi connectivity index (χ0n) is 8.23. The maximum Gasteiger partial charge on any atom is 0.305 e. The molecule has 1 aliphatic heterocycles. The van der Waals surface area contributed by atoms with E-state index in [-0.39, 0.29) is 18.4 Å². The Hall–Kier alpha value is -1.43. The van der Waals surface area contributed by atoms with Crippen molar-refractivity contribution in [3.05, 3.63) is 0 Å². The van der Waals surface area contributed by atoms with Crippen LogP contribution < -0.4 is 10.6 Å². The Morgan fingerprint density at radius 2 is 2.33 bits per heavy atom. The minimum atomic E-state index is -1.10. The molecule has 0 saturated carbocycles. The highest BCUT2D eigenvalue weighted by Crippen LogP contribution is 2.05. The van der Waals surface area contributed by atoms with Crippen LogP contribution in [0.4, 0.5) is 0 Å². The lowest BCUT2D eigenvalue weighted by Crippen LogP contribution is -2.46. The Bertz CT molecular complexity index is 261. The number of carboxylic acids is 1. The van der Waals surface area contributed by atoms with Crippen molar-refractivity contribution < 1.29 is 19.5 Å². The van der Waals surface area contributed by atoms with E-state index in [0.717, 1.165) is 19.4 Å². The van der Waals surface area contributed by atoms with Crippen LogP contribution in [0.5, 0.6) is 0 Å². The van der Waals surface area contributed by atoms with Crippen molar-refractivity contribution in [2.75, 3.05) is 6.54 Å². The molecular weight excluding hydrogens is 200 g/mol. The Morgan fingerprint density at radius 3 is 2.80 bits per heavy atom. The van der Waals surface area contributed by atoms with Crippen LogP contribution in [0.1, 0.15) is 19.3 Å². The second kappa shape index (κ2) is 5.45. The summed E-state index contributed by atoms with van der Waals surface area (Å²) >= 11 is 0.